The second-order valence-corrected chi connectivity index (χ2v) is 3.08. The summed E-state index contributed by atoms with van der Waals surface area (Å²) in [5.74, 6) is -0.329. The number of nitrogens with two attached hydrogens (primary N) is 2. The fraction of sp³-hybridized carbons (Fsp3) is 0.100. The van der Waals surface area contributed by atoms with Crippen LogP contribution in [0.25, 0.3) is 0 Å². The molecule has 1 aromatic carbocycles. The molecular weight excluding hydrogens is 206 g/mol. The summed E-state index contributed by atoms with van der Waals surface area (Å²) in [7, 11) is 0. The van der Waals surface area contributed by atoms with Crippen LogP contribution in [-0.4, -0.2) is 12.0 Å². The largest absolute Gasteiger partial charge is 0.370 e. The Morgan fingerprint density at radius 1 is 1.50 bits per heavy atom. The van der Waals surface area contributed by atoms with Crippen LogP contribution in [-0.2, 0) is 0 Å². The molecule has 0 radical (unpaired) electrons. The van der Waals surface area contributed by atoms with Gasteiger partial charge in [0.15, 0.2) is 5.96 Å². The highest BCUT2D eigenvalue weighted by Crippen LogP contribution is 2.19. The quantitative estimate of drug-likeness (QED) is 0.473. The number of benzene rings is 1. The first-order valence-corrected chi connectivity index (χ1v) is 4.45. The number of carbonyl (C=O) groups excluding carboxylic acids is 1. The van der Waals surface area contributed by atoms with Crippen LogP contribution in [0.2, 0.25) is 0 Å². The van der Waals surface area contributed by atoms with E-state index in [0.717, 1.165) is 5.56 Å². The molecule has 2 amide bonds. The van der Waals surface area contributed by atoms with Gasteiger partial charge in [-0.3, -0.25) is 0 Å². The Labute approximate surface area is 92.6 Å². The Hall–Kier alpha value is -2.55. The average Bonchev–Trinajstić information content (AvgIpc) is 2.20. The van der Waals surface area contributed by atoms with Gasteiger partial charge in [0.25, 0.3) is 0 Å². The topological polar surface area (TPSA) is 117 Å². The summed E-state index contributed by atoms with van der Waals surface area (Å²) in [6.45, 7) is 1.77. The normalized spacial score (nSPS) is 9.00. The Bertz CT molecular complexity index is 482. The zero-order valence-corrected chi connectivity index (χ0v) is 8.69. The first kappa shape index (κ1) is 11.5. The maximum absolute atomic E-state index is 11.3. The van der Waals surface area contributed by atoms with Crippen molar-refractivity contribution in [3.8, 4) is 6.07 Å². The Kier molecular flexibility index (Phi) is 3.45. The number of hydrogen-bond donors (Lipinski definition) is 3. The number of guanidine groups is 1. The maximum Gasteiger partial charge on any atom is 0.348 e. The van der Waals surface area contributed by atoms with Gasteiger partial charge in [-0.15, -0.1) is 0 Å². The van der Waals surface area contributed by atoms with Crippen LogP contribution in [0.15, 0.2) is 23.2 Å². The Morgan fingerprint density at radius 2 is 2.19 bits per heavy atom. The van der Waals surface area contributed by atoms with Crippen molar-refractivity contribution >= 4 is 17.7 Å². The number of anilines is 1. The van der Waals surface area contributed by atoms with Gasteiger partial charge in [0.2, 0.25) is 0 Å². The minimum absolute atomic E-state index is 0.329. The number of hydrogen-bond acceptors (Lipinski definition) is 2. The molecule has 0 atom stereocenters. The zero-order chi connectivity index (χ0) is 12.1. The van der Waals surface area contributed by atoms with E-state index in [2.05, 4.69) is 10.3 Å². The molecule has 0 aromatic heterocycles. The smallest absolute Gasteiger partial charge is 0.348 e. The third-order valence-electron chi connectivity index (χ3n) is 1.86. The molecule has 0 unspecified atom stereocenters. The van der Waals surface area contributed by atoms with Crippen molar-refractivity contribution in [2.45, 2.75) is 6.92 Å². The predicted octanol–water partition coefficient (Wildman–Crippen LogP) is 0.672. The fourth-order valence-electron chi connectivity index (χ4n) is 1.18. The number of nitrogens with one attached hydrogen (secondary N) is 1. The molecular formula is C10H11N5O. The van der Waals surface area contributed by atoms with Gasteiger partial charge in [0.1, 0.15) is 6.07 Å². The van der Waals surface area contributed by atoms with Crippen molar-refractivity contribution in [1.29, 1.82) is 5.26 Å². The molecule has 6 heteroatoms. The predicted molar refractivity (Wildman–Crippen MR) is 60.7 cm³/mol. The summed E-state index contributed by atoms with van der Waals surface area (Å²) in [4.78, 5) is 14.6. The molecule has 0 bridgehead atoms. The monoisotopic (exact) mass is 217 g/mol. The van der Waals surface area contributed by atoms with Gasteiger partial charge < -0.3 is 16.8 Å². The van der Waals surface area contributed by atoms with Crippen LogP contribution in [0.4, 0.5) is 10.5 Å². The van der Waals surface area contributed by atoms with Crippen LogP contribution in [0.1, 0.15) is 11.1 Å². The molecule has 0 aliphatic heterocycles. The highest BCUT2D eigenvalue weighted by molar-refractivity contribution is 5.99. The van der Waals surface area contributed by atoms with Crippen LogP contribution in [0.3, 0.4) is 0 Å². The summed E-state index contributed by atoms with van der Waals surface area (Å²) >= 11 is 0. The van der Waals surface area contributed by atoms with Crippen molar-refractivity contribution in [2.75, 3.05) is 5.32 Å². The molecule has 0 spiro atoms. The minimum atomic E-state index is -0.703. The third-order valence-corrected chi connectivity index (χ3v) is 1.86. The summed E-state index contributed by atoms with van der Waals surface area (Å²) < 4.78 is 0. The van der Waals surface area contributed by atoms with Gasteiger partial charge in [-0.2, -0.15) is 10.3 Å². The van der Waals surface area contributed by atoms with Gasteiger partial charge in [0, 0.05) is 0 Å². The molecule has 0 saturated carbocycles. The lowest BCUT2D eigenvalue weighted by atomic mass is 10.1. The van der Waals surface area contributed by atoms with E-state index in [1.165, 1.54) is 0 Å². The van der Waals surface area contributed by atoms with Crippen molar-refractivity contribution < 1.29 is 4.79 Å². The van der Waals surface area contributed by atoms with E-state index < -0.39 is 6.03 Å². The van der Waals surface area contributed by atoms with E-state index in [4.69, 9.17) is 16.7 Å². The minimum Gasteiger partial charge on any atom is -0.370 e. The molecule has 0 aliphatic rings. The molecule has 5 N–H and O–H groups in total. The molecule has 1 rings (SSSR count). The molecule has 1 aromatic rings. The van der Waals surface area contributed by atoms with Crippen molar-refractivity contribution in [2.24, 2.45) is 16.5 Å². The first-order valence-electron chi connectivity index (χ1n) is 4.45. The second kappa shape index (κ2) is 4.79. The van der Waals surface area contributed by atoms with E-state index >= 15 is 0 Å². The number of rotatable bonds is 1. The van der Waals surface area contributed by atoms with Crippen LogP contribution in [0.5, 0.6) is 0 Å². The average molecular weight is 217 g/mol. The summed E-state index contributed by atoms with van der Waals surface area (Å²) in [5, 5.41) is 11.3. The van der Waals surface area contributed by atoms with E-state index in [9.17, 15) is 4.79 Å². The zero-order valence-electron chi connectivity index (χ0n) is 8.69. The van der Waals surface area contributed by atoms with Crippen LogP contribution in [0, 0.1) is 18.3 Å². The number of carbonyl (C=O) groups is 1. The van der Waals surface area contributed by atoms with Crippen LogP contribution >= 0.6 is 0 Å². The number of para-hydroxylation sites is 1. The van der Waals surface area contributed by atoms with Gasteiger partial charge in [0.05, 0.1) is 11.3 Å². The van der Waals surface area contributed by atoms with Gasteiger partial charge in [-0.25, -0.2) is 4.79 Å². The standard InChI is InChI=1S/C10H11N5O/c1-6-3-2-4-7(5-11)8(6)14-10(16)15-9(12)13/h2-4H,1H3,(H5,12,13,14,15,16). The number of aliphatic imine (C=N–C) groups is 1. The molecule has 0 saturated heterocycles. The van der Waals surface area contributed by atoms with E-state index in [-0.39, 0.29) is 5.96 Å². The lowest BCUT2D eigenvalue weighted by Gasteiger charge is -2.07. The first-order chi connectivity index (χ1) is 7.54. The van der Waals surface area contributed by atoms with Crippen molar-refractivity contribution in [1.82, 2.24) is 0 Å². The Balaban J connectivity index is 3.02. The molecule has 0 heterocycles. The molecule has 6 nitrogen and oxygen atoms in total. The van der Waals surface area contributed by atoms with Gasteiger partial charge in [-0.1, -0.05) is 12.1 Å². The van der Waals surface area contributed by atoms with Crippen molar-refractivity contribution in [3.05, 3.63) is 29.3 Å². The molecule has 0 aliphatic carbocycles. The van der Waals surface area contributed by atoms with Gasteiger partial charge >= 0.3 is 6.03 Å². The second-order valence-electron chi connectivity index (χ2n) is 3.08. The highest BCUT2D eigenvalue weighted by atomic mass is 16.2. The molecule has 82 valence electrons. The lowest BCUT2D eigenvalue weighted by molar-refractivity contribution is 0.259. The number of aryl methyl sites for hydroxylation is 1. The highest BCUT2D eigenvalue weighted by Gasteiger charge is 2.08. The summed E-state index contributed by atoms with van der Waals surface area (Å²) in [5.41, 5.74) is 11.7. The van der Waals surface area contributed by atoms with Crippen LogP contribution < -0.4 is 16.8 Å². The number of amides is 2. The van der Waals surface area contributed by atoms with Gasteiger partial charge in [-0.05, 0) is 18.6 Å². The van der Waals surface area contributed by atoms with E-state index in [1.807, 2.05) is 6.07 Å². The number of urea groups is 1. The van der Waals surface area contributed by atoms with Crippen molar-refractivity contribution in [3.63, 3.8) is 0 Å². The summed E-state index contributed by atoms with van der Waals surface area (Å²) in [6, 6.07) is 6.36. The number of nitriles is 1. The fourth-order valence-corrected chi connectivity index (χ4v) is 1.18. The van der Waals surface area contributed by atoms with E-state index in [0.29, 0.717) is 11.3 Å². The number of nitrogens with zero attached hydrogens (tertiary/aromatic N) is 2. The maximum atomic E-state index is 11.3. The third kappa shape index (κ3) is 2.72. The van der Waals surface area contributed by atoms with E-state index in [1.54, 1.807) is 25.1 Å². The molecule has 0 fully saturated rings. The molecule has 16 heavy (non-hydrogen) atoms. The summed E-state index contributed by atoms with van der Waals surface area (Å²) in [6.07, 6.45) is 0. The lowest BCUT2D eigenvalue weighted by Crippen LogP contribution is -2.25. The Morgan fingerprint density at radius 3 is 2.75 bits per heavy atom. The SMILES string of the molecule is Cc1cccc(C#N)c1NC(=O)N=C(N)N.